The summed E-state index contributed by atoms with van der Waals surface area (Å²) in [7, 11) is 4.35. The maximum absolute atomic E-state index is 5.88. The number of anilines is 1. The van der Waals surface area contributed by atoms with Crippen LogP contribution in [0.15, 0.2) is 18.2 Å². The lowest BCUT2D eigenvalue weighted by Gasteiger charge is -2.38. The van der Waals surface area contributed by atoms with E-state index in [1.165, 1.54) is 29.7 Å². The van der Waals surface area contributed by atoms with Crippen molar-refractivity contribution in [2.24, 2.45) is 5.73 Å². The van der Waals surface area contributed by atoms with E-state index in [9.17, 15) is 0 Å². The van der Waals surface area contributed by atoms with E-state index in [4.69, 9.17) is 5.73 Å². The monoisotopic (exact) mass is 247 g/mol. The first-order valence-electron chi connectivity index (χ1n) is 6.83. The van der Waals surface area contributed by atoms with Gasteiger partial charge < -0.3 is 15.5 Å². The topological polar surface area (TPSA) is 32.5 Å². The predicted octanol–water partition coefficient (Wildman–Crippen LogP) is 1.98. The third-order valence-electron chi connectivity index (χ3n) is 3.92. The molecule has 3 nitrogen and oxygen atoms in total. The fraction of sp³-hybridized carbons (Fsp3) is 0.600. The van der Waals surface area contributed by atoms with Crippen molar-refractivity contribution >= 4 is 5.69 Å². The first-order valence-corrected chi connectivity index (χ1v) is 6.83. The van der Waals surface area contributed by atoms with Gasteiger partial charge in [-0.05, 0) is 45.5 Å². The van der Waals surface area contributed by atoms with Gasteiger partial charge in [-0.15, -0.1) is 0 Å². The minimum Gasteiger partial charge on any atom is -0.370 e. The molecule has 1 aliphatic heterocycles. The van der Waals surface area contributed by atoms with Crippen LogP contribution in [0.3, 0.4) is 0 Å². The van der Waals surface area contributed by atoms with Gasteiger partial charge in [0, 0.05) is 31.4 Å². The Bertz CT molecular complexity index is 401. The van der Waals surface area contributed by atoms with Gasteiger partial charge in [-0.2, -0.15) is 0 Å². The maximum Gasteiger partial charge on any atom is 0.0412 e. The highest BCUT2D eigenvalue weighted by molar-refractivity contribution is 5.55. The van der Waals surface area contributed by atoms with E-state index in [2.05, 4.69) is 49.0 Å². The van der Waals surface area contributed by atoms with Crippen molar-refractivity contribution in [3.63, 3.8) is 0 Å². The van der Waals surface area contributed by atoms with Gasteiger partial charge in [-0.25, -0.2) is 0 Å². The Labute approximate surface area is 111 Å². The number of nitrogens with zero attached hydrogens (tertiary/aromatic N) is 2. The maximum atomic E-state index is 5.88. The molecule has 18 heavy (non-hydrogen) atoms. The second-order valence-corrected chi connectivity index (χ2v) is 5.54. The molecule has 0 bridgehead atoms. The Morgan fingerprint density at radius 2 is 2.17 bits per heavy atom. The van der Waals surface area contributed by atoms with Crippen molar-refractivity contribution in [1.82, 2.24) is 4.90 Å². The summed E-state index contributed by atoms with van der Waals surface area (Å²) < 4.78 is 0. The zero-order chi connectivity index (χ0) is 13.1. The summed E-state index contributed by atoms with van der Waals surface area (Å²) >= 11 is 0. The number of hydrogen-bond acceptors (Lipinski definition) is 3. The van der Waals surface area contributed by atoms with Crippen molar-refractivity contribution in [2.75, 3.05) is 32.1 Å². The molecule has 1 aromatic rings. The summed E-state index contributed by atoms with van der Waals surface area (Å²) in [4.78, 5) is 4.83. The number of rotatable bonds is 3. The minimum atomic E-state index is 0.625. The summed E-state index contributed by atoms with van der Waals surface area (Å²) in [5, 5.41) is 0. The Hall–Kier alpha value is -1.06. The highest BCUT2D eigenvalue weighted by Crippen LogP contribution is 2.26. The largest absolute Gasteiger partial charge is 0.370 e. The van der Waals surface area contributed by atoms with Gasteiger partial charge in [0.05, 0.1) is 0 Å². The number of benzene rings is 1. The number of likely N-dealkylation sites (N-methyl/N-ethyl adjacent to an activating group) is 1. The Morgan fingerprint density at radius 1 is 1.39 bits per heavy atom. The Balaban J connectivity index is 2.20. The molecular formula is C15H25N3. The summed E-state index contributed by atoms with van der Waals surface area (Å²) in [6.07, 6.45) is 2.56. The molecule has 3 heteroatoms. The minimum absolute atomic E-state index is 0.625. The molecule has 2 rings (SSSR count). The van der Waals surface area contributed by atoms with Gasteiger partial charge >= 0.3 is 0 Å². The normalized spacial score (nSPS) is 20.5. The molecule has 1 unspecified atom stereocenters. The molecule has 0 aliphatic carbocycles. The van der Waals surface area contributed by atoms with E-state index in [1.54, 1.807) is 0 Å². The van der Waals surface area contributed by atoms with Crippen LogP contribution in [0.5, 0.6) is 0 Å². The first-order chi connectivity index (χ1) is 8.61. The van der Waals surface area contributed by atoms with Crippen LogP contribution in [0.2, 0.25) is 0 Å². The van der Waals surface area contributed by atoms with Gasteiger partial charge in [0.2, 0.25) is 0 Å². The fourth-order valence-electron chi connectivity index (χ4n) is 2.78. The van der Waals surface area contributed by atoms with Crippen LogP contribution in [0, 0.1) is 6.92 Å². The lowest BCUT2D eigenvalue weighted by molar-refractivity contribution is 0.258. The van der Waals surface area contributed by atoms with Gasteiger partial charge in [0.1, 0.15) is 0 Å². The van der Waals surface area contributed by atoms with Crippen LogP contribution < -0.4 is 10.6 Å². The molecule has 1 heterocycles. The van der Waals surface area contributed by atoms with E-state index in [-0.39, 0.29) is 0 Å². The molecule has 0 amide bonds. The fourth-order valence-corrected chi connectivity index (χ4v) is 2.78. The van der Waals surface area contributed by atoms with Crippen molar-refractivity contribution in [2.45, 2.75) is 32.4 Å². The average molecular weight is 247 g/mol. The van der Waals surface area contributed by atoms with E-state index in [0.29, 0.717) is 12.6 Å². The van der Waals surface area contributed by atoms with Crippen molar-refractivity contribution in [1.29, 1.82) is 0 Å². The standard InChI is InChI=1S/C15H25N3/c1-12-6-7-15(13(9-12)10-16)18-8-4-5-14(11-18)17(2)3/h6-7,9,14H,4-5,8,10-11,16H2,1-3H3. The van der Waals surface area contributed by atoms with Crippen LogP contribution in [-0.2, 0) is 6.54 Å². The van der Waals surface area contributed by atoms with E-state index < -0.39 is 0 Å². The van der Waals surface area contributed by atoms with Crippen LogP contribution in [0.25, 0.3) is 0 Å². The SMILES string of the molecule is Cc1ccc(N2CCCC(N(C)C)C2)c(CN)c1. The number of aryl methyl sites for hydroxylation is 1. The molecule has 0 spiro atoms. The molecule has 0 saturated carbocycles. The molecule has 100 valence electrons. The first kappa shape index (κ1) is 13.4. The summed E-state index contributed by atoms with van der Waals surface area (Å²) in [6, 6.07) is 7.29. The van der Waals surface area contributed by atoms with Crippen LogP contribution in [0.4, 0.5) is 5.69 Å². The van der Waals surface area contributed by atoms with Crippen LogP contribution >= 0.6 is 0 Å². The lowest BCUT2D eigenvalue weighted by Crippen LogP contribution is -2.45. The molecule has 1 aliphatic rings. The second-order valence-electron chi connectivity index (χ2n) is 5.54. The third-order valence-corrected chi connectivity index (χ3v) is 3.92. The van der Waals surface area contributed by atoms with E-state index >= 15 is 0 Å². The number of hydrogen-bond donors (Lipinski definition) is 1. The third kappa shape index (κ3) is 2.85. The Kier molecular flexibility index (Phi) is 4.25. The quantitative estimate of drug-likeness (QED) is 0.886. The molecular weight excluding hydrogens is 222 g/mol. The number of nitrogens with two attached hydrogens (primary N) is 1. The predicted molar refractivity (Wildman–Crippen MR) is 78.0 cm³/mol. The van der Waals surface area contributed by atoms with Crippen molar-refractivity contribution in [3.05, 3.63) is 29.3 Å². The van der Waals surface area contributed by atoms with Crippen molar-refractivity contribution in [3.8, 4) is 0 Å². The summed E-state index contributed by atoms with van der Waals surface area (Å²) in [5.74, 6) is 0. The molecule has 0 aromatic heterocycles. The lowest BCUT2D eigenvalue weighted by atomic mass is 10.0. The molecule has 1 aromatic carbocycles. The number of piperidine rings is 1. The molecule has 0 radical (unpaired) electrons. The highest BCUT2D eigenvalue weighted by atomic mass is 15.2. The van der Waals surface area contributed by atoms with Gasteiger partial charge in [0.15, 0.2) is 0 Å². The molecule has 1 fully saturated rings. The highest BCUT2D eigenvalue weighted by Gasteiger charge is 2.22. The van der Waals surface area contributed by atoms with E-state index in [1.807, 2.05) is 0 Å². The van der Waals surface area contributed by atoms with Crippen molar-refractivity contribution < 1.29 is 0 Å². The summed E-state index contributed by atoms with van der Waals surface area (Å²) in [6.45, 7) is 5.02. The smallest absolute Gasteiger partial charge is 0.0412 e. The zero-order valence-electron chi connectivity index (χ0n) is 11.8. The van der Waals surface area contributed by atoms with Gasteiger partial charge in [-0.3, -0.25) is 0 Å². The van der Waals surface area contributed by atoms with E-state index in [0.717, 1.165) is 13.1 Å². The zero-order valence-corrected chi connectivity index (χ0v) is 11.8. The van der Waals surface area contributed by atoms with Crippen LogP contribution in [0.1, 0.15) is 24.0 Å². The average Bonchev–Trinajstić information content (AvgIpc) is 2.38. The summed E-state index contributed by atoms with van der Waals surface area (Å²) in [5.41, 5.74) is 9.78. The Morgan fingerprint density at radius 3 is 2.83 bits per heavy atom. The second kappa shape index (κ2) is 5.72. The molecule has 1 saturated heterocycles. The molecule has 1 atom stereocenters. The molecule has 2 N–H and O–H groups in total. The van der Waals surface area contributed by atoms with Gasteiger partial charge in [0.25, 0.3) is 0 Å². The van der Waals surface area contributed by atoms with Crippen LogP contribution in [-0.4, -0.2) is 38.1 Å². The van der Waals surface area contributed by atoms with Gasteiger partial charge in [-0.1, -0.05) is 17.7 Å².